The van der Waals surface area contributed by atoms with Gasteiger partial charge in [0.05, 0.1) is 11.0 Å². The number of rotatable bonds is 4. The summed E-state index contributed by atoms with van der Waals surface area (Å²) in [5.74, 6) is 0.349. The summed E-state index contributed by atoms with van der Waals surface area (Å²) in [5.41, 5.74) is 2.78. The summed E-state index contributed by atoms with van der Waals surface area (Å²) < 4.78 is 3.19. The van der Waals surface area contributed by atoms with Gasteiger partial charge in [0.15, 0.2) is 0 Å². The Morgan fingerprint density at radius 1 is 1.16 bits per heavy atom. The third-order valence-corrected chi connectivity index (χ3v) is 9.26. The second-order valence-electron chi connectivity index (χ2n) is 12.4. The summed E-state index contributed by atoms with van der Waals surface area (Å²) in [6.07, 6.45) is 4.54. The second kappa shape index (κ2) is 9.03. The van der Waals surface area contributed by atoms with E-state index in [9.17, 15) is 24.3 Å². The number of para-hydroxylation sites is 1. The standard InChI is InChI=1S/C28H38N4O5/c1-27(2,3)23-18(16-28(23)12-14-31(15-13-28)26(36)37)9-8-17-6-5-7-19-22(17)30(4)25(35)32(19)20-10-11-21(33)29-24(20)34/h5-7,18,20,23H,8-16H2,1-4H3,(H,36,37)(H,29,33,34). The van der Waals surface area contributed by atoms with Crippen molar-refractivity contribution in [2.45, 2.75) is 71.8 Å². The lowest BCUT2D eigenvalue weighted by Crippen LogP contribution is -2.58. The van der Waals surface area contributed by atoms with E-state index in [1.54, 1.807) is 21.1 Å². The molecule has 5 rings (SSSR count). The Labute approximate surface area is 216 Å². The number of carboxylic acid groups (broad SMARTS) is 1. The number of piperidine rings is 2. The molecule has 37 heavy (non-hydrogen) atoms. The molecule has 3 fully saturated rings. The lowest BCUT2D eigenvalue weighted by molar-refractivity contribution is -0.138. The van der Waals surface area contributed by atoms with Crippen molar-refractivity contribution >= 4 is 28.9 Å². The number of hydrogen-bond donors (Lipinski definition) is 2. The second-order valence-corrected chi connectivity index (χ2v) is 12.4. The van der Waals surface area contributed by atoms with Gasteiger partial charge in [-0.25, -0.2) is 9.59 Å². The van der Waals surface area contributed by atoms with Crippen LogP contribution in [0.15, 0.2) is 23.0 Å². The Morgan fingerprint density at radius 2 is 1.86 bits per heavy atom. The Kier molecular flexibility index (Phi) is 6.23. The highest BCUT2D eigenvalue weighted by Crippen LogP contribution is 2.64. The van der Waals surface area contributed by atoms with Crippen molar-refractivity contribution in [2.24, 2.45) is 29.7 Å². The Bertz CT molecular complexity index is 1310. The first-order valence-corrected chi connectivity index (χ1v) is 13.4. The maximum atomic E-state index is 13.2. The van der Waals surface area contributed by atoms with E-state index in [0.717, 1.165) is 48.7 Å². The van der Waals surface area contributed by atoms with Gasteiger partial charge < -0.3 is 10.0 Å². The Balaban J connectivity index is 1.38. The fourth-order valence-electron chi connectivity index (χ4n) is 7.95. The van der Waals surface area contributed by atoms with E-state index in [2.05, 4.69) is 32.2 Å². The first-order valence-electron chi connectivity index (χ1n) is 13.4. The van der Waals surface area contributed by atoms with Gasteiger partial charge in [0.25, 0.3) is 0 Å². The first-order chi connectivity index (χ1) is 17.4. The van der Waals surface area contributed by atoms with E-state index in [-0.39, 0.29) is 28.8 Å². The van der Waals surface area contributed by atoms with Crippen molar-refractivity contribution in [3.8, 4) is 0 Å². The predicted molar refractivity (Wildman–Crippen MR) is 139 cm³/mol. The number of carbonyl (C=O) groups is 3. The lowest BCUT2D eigenvalue weighted by atomic mass is 9.43. The smallest absolute Gasteiger partial charge is 0.407 e. The molecule has 1 aliphatic carbocycles. The van der Waals surface area contributed by atoms with Gasteiger partial charge in [0, 0.05) is 26.6 Å². The van der Waals surface area contributed by atoms with Crippen LogP contribution in [0.1, 0.15) is 70.9 Å². The summed E-state index contributed by atoms with van der Waals surface area (Å²) in [6.45, 7) is 8.15. The van der Waals surface area contributed by atoms with Gasteiger partial charge in [0.2, 0.25) is 11.8 Å². The van der Waals surface area contributed by atoms with Gasteiger partial charge in [-0.2, -0.15) is 0 Å². The van der Waals surface area contributed by atoms with E-state index in [1.807, 2.05) is 12.1 Å². The molecular formula is C28H38N4O5. The number of benzene rings is 1. The Morgan fingerprint density at radius 3 is 2.49 bits per heavy atom. The summed E-state index contributed by atoms with van der Waals surface area (Å²) >= 11 is 0. The highest BCUT2D eigenvalue weighted by Gasteiger charge is 2.58. The molecule has 2 saturated heterocycles. The Hall–Kier alpha value is -3.10. The van der Waals surface area contributed by atoms with Crippen molar-refractivity contribution in [2.75, 3.05) is 13.1 Å². The number of nitrogens with one attached hydrogen (secondary N) is 1. The maximum Gasteiger partial charge on any atom is 0.407 e. The number of hydrogen-bond acceptors (Lipinski definition) is 4. The van der Waals surface area contributed by atoms with Gasteiger partial charge in [0.1, 0.15) is 6.04 Å². The number of nitrogens with zero attached hydrogens (tertiary/aromatic N) is 3. The quantitative estimate of drug-likeness (QED) is 0.609. The van der Waals surface area contributed by atoms with Gasteiger partial charge in [-0.3, -0.25) is 24.0 Å². The van der Waals surface area contributed by atoms with Gasteiger partial charge >= 0.3 is 11.8 Å². The zero-order chi connectivity index (χ0) is 26.7. The molecule has 200 valence electrons. The molecule has 2 aliphatic heterocycles. The lowest BCUT2D eigenvalue weighted by Gasteiger charge is -2.63. The fourth-order valence-corrected chi connectivity index (χ4v) is 7.95. The average molecular weight is 511 g/mol. The zero-order valence-corrected chi connectivity index (χ0v) is 22.2. The molecule has 3 amide bonds. The van der Waals surface area contributed by atoms with Crippen molar-refractivity contribution < 1.29 is 19.5 Å². The topological polar surface area (TPSA) is 114 Å². The first kappa shape index (κ1) is 25.5. The number of fused-ring (bicyclic) bond motifs is 1. The normalized spacial score (nSPS) is 25.8. The summed E-state index contributed by atoms with van der Waals surface area (Å²) in [4.78, 5) is 50.4. The molecule has 3 unspecified atom stereocenters. The third-order valence-electron chi connectivity index (χ3n) is 9.26. The number of aromatic nitrogens is 2. The van der Waals surface area contributed by atoms with E-state index >= 15 is 0 Å². The molecule has 3 aliphatic rings. The minimum Gasteiger partial charge on any atom is -0.465 e. The molecule has 9 nitrogen and oxygen atoms in total. The van der Waals surface area contributed by atoms with Crippen LogP contribution < -0.4 is 11.0 Å². The predicted octanol–water partition coefficient (Wildman–Crippen LogP) is 3.69. The van der Waals surface area contributed by atoms with Crippen LogP contribution >= 0.6 is 0 Å². The molecule has 1 aromatic carbocycles. The summed E-state index contributed by atoms with van der Waals surface area (Å²) in [5, 5.41) is 11.8. The van der Waals surface area contributed by atoms with Crippen LogP contribution in [-0.2, 0) is 23.1 Å². The molecule has 9 heteroatoms. The number of imide groups is 1. The van der Waals surface area contributed by atoms with Crippen molar-refractivity contribution in [1.29, 1.82) is 0 Å². The van der Waals surface area contributed by atoms with E-state index in [4.69, 9.17) is 0 Å². The van der Waals surface area contributed by atoms with Crippen LogP contribution in [0, 0.1) is 22.7 Å². The van der Waals surface area contributed by atoms with Crippen LogP contribution in [0.2, 0.25) is 0 Å². The highest BCUT2D eigenvalue weighted by molar-refractivity contribution is 6.00. The third kappa shape index (κ3) is 4.26. The number of imidazole rings is 1. The number of aryl methyl sites for hydroxylation is 2. The minimum atomic E-state index is -0.819. The number of carbonyl (C=O) groups excluding carboxylic acids is 2. The zero-order valence-electron chi connectivity index (χ0n) is 22.2. The highest BCUT2D eigenvalue weighted by atomic mass is 16.4. The van der Waals surface area contributed by atoms with E-state index in [1.165, 1.54) is 0 Å². The van der Waals surface area contributed by atoms with Gasteiger partial charge in [-0.15, -0.1) is 0 Å². The van der Waals surface area contributed by atoms with E-state index < -0.39 is 18.0 Å². The molecule has 0 bridgehead atoms. The molecular weight excluding hydrogens is 472 g/mol. The minimum absolute atomic E-state index is 0.127. The maximum absolute atomic E-state index is 13.2. The molecule has 3 atom stereocenters. The molecule has 0 radical (unpaired) electrons. The van der Waals surface area contributed by atoms with Crippen LogP contribution in [0.5, 0.6) is 0 Å². The molecule has 2 aromatic rings. The van der Waals surface area contributed by atoms with Crippen LogP contribution in [-0.4, -0.2) is 50.1 Å². The number of likely N-dealkylation sites (tertiary alicyclic amines) is 1. The fraction of sp³-hybridized carbons (Fsp3) is 0.643. The van der Waals surface area contributed by atoms with Crippen LogP contribution in [0.25, 0.3) is 11.0 Å². The van der Waals surface area contributed by atoms with Crippen LogP contribution in [0.4, 0.5) is 4.79 Å². The molecule has 1 saturated carbocycles. The van der Waals surface area contributed by atoms with E-state index in [0.29, 0.717) is 31.3 Å². The number of amides is 3. The summed E-state index contributed by atoms with van der Waals surface area (Å²) in [6, 6.07) is 5.22. The monoisotopic (exact) mass is 510 g/mol. The van der Waals surface area contributed by atoms with Crippen molar-refractivity contribution in [1.82, 2.24) is 19.4 Å². The van der Waals surface area contributed by atoms with Crippen molar-refractivity contribution in [3.63, 3.8) is 0 Å². The largest absolute Gasteiger partial charge is 0.465 e. The average Bonchev–Trinajstić information content (AvgIpc) is 3.06. The molecule has 1 spiro atoms. The summed E-state index contributed by atoms with van der Waals surface area (Å²) in [7, 11) is 1.75. The van der Waals surface area contributed by atoms with Crippen LogP contribution in [0.3, 0.4) is 0 Å². The van der Waals surface area contributed by atoms with Crippen molar-refractivity contribution in [3.05, 3.63) is 34.2 Å². The SMILES string of the molecule is Cn1c(=O)n(C2CCC(=O)NC2=O)c2cccc(CCC3CC4(CCN(C(=O)O)CC4)C3C(C)(C)C)c21. The molecule has 1 aromatic heterocycles. The van der Waals surface area contributed by atoms with Gasteiger partial charge in [-0.1, -0.05) is 32.9 Å². The molecule has 3 heterocycles. The molecule has 2 N–H and O–H groups in total. The van der Waals surface area contributed by atoms with Gasteiger partial charge in [-0.05, 0) is 72.8 Å².